The van der Waals surface area contributed by atoms with Gasteiger partial charge in [-0.05, 0) is 22.5 Å². The Balaban J connectivity index is 2.73. The largest absolute Gasteiger partial charge is 0.492 e. The third-order valence-electron chi connectivity index (χ3n) is 3.95. The highest BCUT2D eigenvalue weighted by atomic mass is 16.5. The number of Topliss-reactive ketones (excluding diaryl/α,β-unsaturated/α-hetero) is 1. The molecule has 0 N–H and O–H groups in total. The maximum Gasteiger partial charge on any atom is 0.172 e. The van der Waals surface area contributed by atoms with Crippen molar-refractivity contribution in [3.63, 3.8) is 0 Å². The molecule has 0 fully saturated rings. The molecule has 1 unspecified atom stereocenters. The molecule has 1 aliphatic heterocycles. The molecule has 0 saturated heterocycles. The number of ketones is 1. The molecule has 1 aliphatic rings. The summed E-state index contributed by atoms with van der Waals surface area (Å²) in [6, 6.07) is 4.24. The van der Waals surface area contributed by atoms with Crippen LogP contribution in [0.5, 0.6) is 5.75 Å². The van der Waals surface area contributed by atoms with E-state index in [2.05, 4.69) is 47.6 Å². The molecular weight excluding hydrogens is 248 g/mol. The van der Waals surface area contributed by atoms with E-state index in [4.69, 9.17) is 4.74 Å². The van der Waals surface area contributed by atoms with Crippen molar-refractivity contribution < 1.29 is 9.53 Å². The quantitative estimate of drug-likeness (QED) is 0.696. The molecule has 0 saturated carbocycles. The lowest BCUT2D eigenvalue weighted by Gasteiger charge is -2.32. The second-order valence-electron chi connectivity index (χ2n) is 7.98. The molecule has 0 spiro atoms. The number of hydrogen-bond acceptors (Lipinski definition) is 2. The Labute approximate surface area is 122 Å². The molecule has 1 aromatic rings. The van der Waals surface area contributed by atoms with Gasteiger partial charge >= 0.3 is 0 Å². The summed E-state index contributed by atoms with van der Waals surface area (Å²) in [4.78, 5) is 12.5. The van der Waals surface area contributed by atoms with E-state index in [9.17, 15) is 4.79 Å². The van der Waals surface area contributed by atoms with Crippen molar-refractivity contribution in [3.8, 4) is 5.75 Å². The molecule has 1 atom stereocenters. The number of ether oxygens (including phenoxy) is 1. The number of fused-ring (bicyclic) bond motifs is 1. The van der Waals surface area contributed by atoms with Crippen molar-refractivity contribution in [2.75, 3.05) is 6.61 Å². The van der Waals surface area contributed by atoms with Crippen LogP contribution in [0.1, 0.15) is 70.0 Å². The first-order valence-electron chi connectivity index (χ1n) is 7.38. The van der Waals surface area contributed by atoms with E-state index in [0.29, 0.717) is 6.61 Å². The lowest BCUT2D eigenvalue weighted by Crippen LogP contribution is -2.29. The number of hydrogen-bond donors (Lipinski definition) is 0. The number of carbonyl (C=O) groups excluding carboxylic acids is 1. The topological polar surface area (TPSA) is 26.3 Å². The Hall–Kier alpha value is -1.31. The van der Waals surface area contributed by atoms with Crippen LogP contribution in [0.25, 0.3) is 0 Å². The van der Waals surface area contributed by atoms with E-state index in [1.807, 2.05) is 13.0 Å². The van der Waals surface area contributed by atoms with Crippen molar-refractivity contribution in [1.29, 1.82) is 0 Å². The molecule has 2 nitrogen and oxygen atoms in total. The van der Waals surface area contributed by atoms with E-state index >= 15 is 0 Å². The van der Waals surface area contributed by atoms with Crippen LogP contribution in [0.3, 0.4) is 0 Å². The summed E-state index contributed by atoms with van der Waals surface area (Å²) >= 11 is 0. The van der Waals surface area contributed by atoms with Gasteiger partial charge in [0, 0.05) is 5.56 Å². The first kappa shape index (κ1) is 15.1. The highest BCUT2D eigenvalue weighted by molar-refractivity contribution is 6.01. The maximum absolute atomic E-state index is 12.5. The van der Waals surface area contributed by atoms with Crippen LogP contribution in [0, 0.1) is 5.92 Å². The third kappa shape index (κ3) is 2.61. The van der Waals surface area contributed by atoms with E-state index in [-0.39, 0.29) is 22.5 Å². The summed E-state index contributed by atoms with van der Waals surface area (Å²) < 4.78 is 5.91. The highest BCUT2D eigenvalue weighted by Gasteiger charge is 2.32. The Morgan fingerprint density at radius 2 is 1.65 bits per heavy atom. The fourth-order valence-corrected chi connectivity index (χ4v) is 2.51. The molecule has 0 aromatic heterocycles. The smallest absolute Gasteiger partial charge is 0.172 e. The summed E-state index contributed by atoms with van der Waals surface area (Å²) in [5, 5.41) is 0. The predicted molar refractivity (Wildman–Crippen MR) is 82.8 cm³/mol. The fraction of sp³-hybridized carbons (Fsp3) is 0.611. The molecule has 0 amide bonds. The summed E-state index contributed by atoms with van der Waals surface area (Å²) in [5.74, 6) is 0.960. The molecule has 0 radical (unpaired) electrons. The van der Waals surface area contributed by atoms with Gasteiger partial charge in [-0.15, -0.1) is 0 Å². The highest BCUT2D eigenvalue weighted by Crippen LogP contribution is 2.41. The molecule has 2 heteroatoms. The van der Waals surface area contributed by atoms with Gasteiger partial charge in [-0.25, -0.2) is 0 Å². The average molecular weight is 274 g/mol. The number of rotatable bonds is 0. The second kappa shape index (κ2) is 4.61. The predicted octanol–water partition coefficient (Wildman–Crippen LogP) is 4.49. The summed E-state index contributed by atoms with van der Waals surface area (Å²) in [5.41, 5.74) is 3.09. The van der Waals surface area contributed by atoms with E-state index < -0.39 is 0 Å². The van der Waals surface area contributed by atoms with E-state index in [1.54, 1.807) is 0 Å². The number of benzene rings is 1. The van der Waals surface area contributed by atoms with Gasteiger partial charge in [0.1, 0.15) is 5.75 Å². The summed E-state index contributed by atoms with van der Waals surface area (Å²) in [7, 11) is 0. The Kier molecular flexibility index (Phi) is 3.48. The Morgan fingerprint density at radius 3 is 2.15 bits per heavy atom. The van der Waals surface area contributed by atoms with Crippen molar-refractivity contribution in [3.05, 3.63) is 28.8 Å². The van der Waals surface area contributed by atoms with Gasteiger partial charge in [0.2, 0.25) is 0 Å². The lowest BCUT2D eigenvalue weighted by atomic mass is 9.77. The average Bonchev–Trinajstić information content (AvgIpc) is 2.30. The second-order valence-corrected chi connectivity index (χ2v) is 7.98. The zero-order valence-corrected chi connectivity index (χ0v) is 13.8. The van der Waals surface area contributed by atoms with Crippen LogP contribution in [0.2, 0.25) is 0 Å². The maximum atomic E-state index is 12.5. The molecule has 2 rings (SSSR count). The molecule has 1 aromatic carbocycles. The zero-order chi connectivity index (χ0) is 15.3. The summed E-state index contributed by atoms with van der Waals surface area (Å²) in [6.07, 6.45) is 0. The van der Waals surface area contributed by atoms with Crippen molar-refractivity contribution >= 4 is 5.78 Å². The minimum absolute atomic E-state index is 0.0238. The molecule has 0 aliphatic carbocycles. The van der Waals surface area contributed by atoms with Gasteiger partial charge in [-0.1, -0.05) is 54.5 Å². The monoisotopic (exact) mass is 274 g/mol. The van der Waals surface area contributed by atoms with Gasteiger partial charge in [-0.2, -0.15) is 0 Å². The first-order chi connectivity index (χ1) is 9.01. The van der Waals surface area contributed by atoms with Crippen LogP contribution in [0.15, 0.2) is 12.1 Å². The third-order valence-corrected chi connectivity index (χ3v) is 3.95. The van der Waals surface area contributed by atoms with Crippen molar-refractivity contribution in [2.24, 2.45) is 5.92 Å². The van der Waals surface area contributed by atoms with Crippen LogP contribution in [0.4, 0.5) is 0 Å². The molecular formula is C18H26O2. The van der Waals surface area contributed by atoms with Gasteiger partial charge in [0.05, 0.1) is 18.1 Å². The minimum Gasteiger partial charge on any atom is -0.492 e. The SMILES string of the molecule is CC1COc2c(cc(C(C)(C)C)cc2C(C)(C)C)C1=O. The van der Waals surface area contributed by atoms with Gasteiger partial charge < -0.3 is 4.74 Å². The van der Waals surface area contributed by atoms with E-state index in [0.717, 1.165) is 16.9 Å². The van der Waals surface area contributed by atoms with Gasteiger partial charge in [-0.3, -0.25) is 4.79 Å². The standard InChI is InChI=1S/C18H26O2/c1-11-10-20-16-13(15(11)19)8-12(17(2,3)4)9-14(16)18(5,6)7/h8-9,11H,10H2,1-7H3. The van der Waals surface area contributed by atoms with Crippen LogP contribution in [-0.2, 0) is 10.8 Å². The van der Waals surface area contributed by atoms with Crippen molar-refractivity contribution in [1.82, 2.24) is 0 Å². The Bertz CT molecular complexity index is 542. The molecule has 0 bridgehead atoms. The number of carbonyl (C=O) groups is 1. The zero-order valence-electron chi connectivity index (χ0n) is 13.8. The first-order valence-corrected chi connectivity index (χ1v) is 7.38. The van der Waals surface area contributed by atoms with Gasteiger partial charge in [0.15, 0.2) is 5.78 Å². The fourth-order valence-electron chi connectivity index (χ4n) is 2.51. The molecule has 20 heavy (non-hydrogen) atoms. The summed E-state index contributed by atoms with van der Waals surface area (Å²) in [6.45, 7) is 15.5. The molecule has 1 heterocycles. The lowest BCUT2D eigenvalue weighted by molar-refractivity contribution is 0.0846. The van der Waals surface area contributed by atoms with Crippen molar-refractivity contribution in [2.45, 2.75) is 59.3 Å². The minimum atomic E-state index is -0.0504. The van der Waals surface area contributed by atoms with Crippen LogP contribution < -0.4 is 4.74 Å². The Morgan fingerprint density at radius 1 is 1.05 bits per heavy atom. The van der Waals surface area contributed by atoms with Crippen LogP contribution >= 0.6 is 0 Å². The normalized spacial score (nSPS) is 19.6. The molecule has 110 valence electrons. The van der Waals surface area contributed by atoms with E-state index in [1.165, 1.54) is 5.56 Å². The van der Waals surface area contributed by atoms with Crippen LogP contribution in [-0.4, -0.2) is 12.4 Å². The van der Waals surface area contributed by atoms with Gasteiger partial charge in [0.25, 0.3) is 0 Å².